The van der Waals surface area contributed by atoms with Gasteiger partial charge >= 0.3 is 0 Å². The summed E-state index contributed by atoms with van der Waals surface area (Å²) in [5.41, 5.74) is 2.55. The number of nitrogens with one attached hydrogen (secondary N) is 1. The van der Waals surface area contributed by atoms with Crippen molar-refractivity contribution in [3.8, 4) is 28.4 Å². The average Bonchev–Trinajstić information content (AvgIpc) is 3.16. The molecule has 1 amide bonds. The van der Waals surface area contributed by atoms with Gasteiger partial charge in [-0.3, -0.25) is 9.59 Å². The Labute approximate surface area is 229 Å². The van der Waals surface area contributed by atoms with Crippen LogP contribution in [0.2, 0.25) is 0 Å². The summed E-state index contributed by atoms with van der Waals surface area (Å²) in [5, 5.41) is 43.4. The third-order valence-corrected chi connectivity index (χ3v) is 7.75. The van der Waals surface area contributed by atoms with Crippen LogP contribution in [0, 0.1) is 0 Å². The number of carbonyl (C=O) groups excluding carboxylic acids is 1. The highest BCUT2D eigenvalue weighted by atomic mass is 32.2. The normalized spacial score (nSPS) is 26.1. The predicted octanol–water partition coefficient (Wildman–Crippen LogP) is 0.755. The van der Waals surface area contributed by atoms with Crippen molar-refractivity contribution in [1.82, 2.24) is 5.32 Å². The molecule has 0 spiro atoms. The number of aryl methyl sites for hydroxylation is 1. The number of hydrogen-bond donors (Lipinski definition) is 5. The van der Waals surface area contributed by atoms with Crippen LogP contribution >= 0.6 is 11.8 Å². The molecule has 1 aliphatic carbocycles. The molecule has 1 heterocycles. The van der Waals surface area contributed by atoms with Crippen molar-refractivity contribution in [3.05, 3.63) is 45.6 Å². The molecule has 1 aliphatic heterocycles. The van der Waals surface area contributed by atoms with Crippen LogP contribution in [0.25, 0.3) is 11.1 Å². The van der Waals surface area contributed by atoms with Gasteiger partial charge in [0.2, 0.25) is 17.9 Å². The number of benzene rings is 1. The van der Waals surface area contributed by atoms with E-state index >= 15 is 0 Å². The molecule has 0 saturated carbocycles. The van der Waals surface area contributed by atoms with Crippen LogP contribution in [0.4, 0.5) is 0 Å². The van der Waals surface area contributed by atoms with Crippen LogP contribution in [0.1, 0.15) is 30.5 Å². The van der Waals surface area contributed by atoms with Gasteiger partial charge in [-0.15, -0.1) is 11.8 Å². The van der Waals surface area contributed by atoms with Gasteiger partial charge in [-0.2, -0.15) is 0 Å². The first-order chi connectivity index (χ1) is 18.6. The molecule has 5 N–H and O–H groups in total. The largest absolute Gasteiger partial charge is 0.492 e. The molecule has 0 unspecified atom stereocenters. The molecule has 11 nitrogen and oxygen atoms in total. The second-order valence-corrected chi connectivity index (χ2v) is 10.2. The molecule has 0 radical (unpaired) electrons. The number of ether oxygens (including phenoxy) is 4. The average molecular weight is 564 g/mol. The van der Waals surface area contributed by atoms with Gasteiger partial charge < -0.3 is 44.7 Å². The number of amides is 1. The molecule has 2 aromatic carbocycles. The third kappa shape index (κ3) is 5.58. The Balaban J connectivity index is 1.89. The summed E-state index contributed by atoms with van der Waals surface area (Å²) in [6.45, 7) is 0.815. The standard InChI is InChI=1S/C27H33NO10S/c1-12(30)28-16-7-5-13-9-18(37-27-24(34)23(33)22(32)19(11-29)38-27)25(35-2)26(36-3)21(13)14-6-8-20(39-4)17(31)10-15(14)16/h6,8-10,16,19,22-24,27,29,32-34H,5,7,11H2,1-4H3,(H,28,30)/t16-,19+,22-,23-,24-,27+/m1/s1. The van der Waals surface area contributed by atoms with E-state index in [4.69, 9.17) is 18.9 Å². The molecular weight excluding hydrogens is 530 g/mol. The Morgan fingerprint density at radius 3 is 2.44 bits per heavy atom. The summed E-state index contributed by atoms with van der Waals surface area (Å²) in [7, 11) is 2.87. The fraction of sp³-hybridized carbons (Fsp3) is 0.481. The molecule has 12 heteroatoms. The van der Waals surface area contributed by atoms with Crippen LogP contribution in [-0.4, -0.2) is 84.1 Å². The van der Waals surface area contributed by atoms with E-state index in [1.807, 2.05) is 12.3 Å². The molecule has 0 bridgehead atoms. The van der Waals surface area contributed by atoms with Gasteiger partial charge in [-0.1, -0.05) is 6.07 Å². The van der Waals surface area contributed by atoms with Gasteiger partial charge in [0.05, 0.1) is 31.8 Å². The molecular formula is C27H33NO10S. The number of fused-ring (bicyclic) bond motifs is 3. The summed E-state index contributed by atoms with van der Waals surface area (Å²) in [4.78, 5) is 25.6. The first-order valence-electron chi connectivity index (χ1n) is 12.4. The van der Waals surface area contributed by atoms with Crippen molar-refractivity contribution in [2.45, 2.75) is 61.4 Å². The molecule has 4 rings (SSSR count). The maximum absolute atomic E-state index is 13.0. The highest BCUT2D eigenvalue weighted by Crippen LogP contribution is 2.50. The molecule has 39 heavy (non-hydrogen) atoms. The van der Waals surface area contributed by atoms with E-state index in [2.05, 4.69) is 5.32 Å². The number of carbonyl (C=O) groups is 1. The Kier molecular flexibility index (Phi) is 9.04. The van der Waals surface area contributed by atoms with E-state index in [0.717, 1.165) is 5.56 Å². The van der Waals surface area contributed by atoms with Gasteiger partial charge in [0, 0.05) is 12.5 Å². The van der Waals surface area contributed by atoms with Crippen LogP contribution in [0.5, 0.6) is 17.2 Å². The fourth-order valence-corrected chi connectivity index (χ4v) is 5.55. The van der Waals surface area contributed by atoms with Crippen molar-refractivity contribution < 1.29 is 44.2 Å². The molecule has 1 saturated heterocycles. The lowest BCUT2D eigenvalue weighted by Crippen LogP contribution is -2.60. The zero-order valence-electron chi connectivity index (χ0n) is 22.0. The minimum Gasteiger partial charge on any atom is -0.492 e. The highest BCUT2D eigenvalue weighted by Gasteiger charge is 2.45. The SMILES string of the molecule is COc1c(O[C@H]2O[C@@H](CO)[C@@H](O)[C@@H](O)[C@H]2O)cc2c(c1OC)-c1ccc(SC)c(=O)cc1[C@H](NC(C)=O)CC2. The van der Waals surface area contributed by atoms with Crippen molar-refractivity contribution in [2.24, 2.45) is 0 Å². The minimum atomic E-state index is -1.62. The zero-order valence-corrected chi connectivity index (χ0v) is 22.9. The second-order valence-electron chi connectivity index (χ2n) is 9.36. The first kappa shape index (κ1) is 29.1. The van der Waals surface area contributed by atoms with Gasteiger partial charge in [-0.25, -0.2) is 0 Å². The summed E-state index contributed by atoms with van der Waals surface area (Å²) >= 11 is 1.32. The summed E-state index contributed by atoms with van der Waals surface area (Å²) < 4.78 is 23.0. The number of methoxy groups -OCH3 is 2. The van der Waals surface area contributed by atoms with Gasteiger partial charge in [0.1, 0.15) is 24.4 Å². The van der Waals surface area contributed by atoms with Crippen molar-refractivity contribution in [2.75, 3.05) is 27.1 Å². The minimum absolute atomic E-state index is 0.131. The van der Waals surface area contributed by atoms with Gasteiger partial charge in [0.15, 0.2) is 16.9 Å². The molecule has 2 aliphatic rings. The van der Waals surface area contributed by atoms with E-state index in [1.54, 1.807) is 18.2 Å². The Morgan fingerprint density at radius 2 is 1.82 bits per heavy atom. The van der Waals surface area contributed by atoms with Crippen molar-refractivity contribution >= 4 is 17.7 Å². The maximum atomic E-state index is 13.0. The lowest BCUT2D eigenvalue weighted by atomic mass is 9.95. The van der Waals surface area contributed by atoms with E-state index in [-0.39, 0.29) is 22.8 Å². The summed E-state index contributed by atoms with van der Waals surface area (Å²) in [5.74, 6) is 0.350. The van der Waals surface area contributed by atoms with Gasteiger partial charge in [0.25, 0.3) is 0 Å². The Hall–Kier alpha value is -2.87. The lowest BCUT2D eigenvalue weighted by Gasteiger charge is -2.39. The Bertz CT molecular complexity index is 1290. The third-order valence-electron chi connectivity index (χ3n) is 6.97. The van der Waals surface area contributed by atoms with Crippen LogP contribution in [0.3, 0.4) is 0 Å². The fourth-order valence-electron chi connectivity index (χ4n) is 5.09. The van der Waals surface area contributed by atoms with E-state index in [1.165, 1.54) is 32.9 Å². The van der Waals surface area contributed by atoms with Crippen LogP contribution < -0.4 is 25.0 Å². The smallest absolute Gasteiger partial charge is 0.229 e. The molecule has 2 aromatic rings. The summed E-state index contributed by atoms with van der Waals surface area (Å²) in [6.07, 6.45) is -4.64. The number of thioether (sulfide) groups is 1. The number of aliphatic hydroxyl groups is 4. The number of hydrogen-bond acceptors (Lipinski definition) is 11. The Morgan fingerprint density at radius 1 is 1.10 bits per heavy atom. The predicted molar refractivity (Wildman–Crippen MR) is 142 cm³/mol. The quantitative estimate of drug-likeness (QED) is 0.302. The van der Waals surface area contributed by atoms with Gasteiger partial charge in [-0.05, 0) is 54.0 Å². The zero-order chi connectivity index (χ0) is 28.4. The number of rotatable bonds is 7. The molecule has 6 atom stereocenters. The van der Waals surface area contributed by atoms with Crippen molar-refractivity contribution in [3.63, 3.8) is 0 Å². The lowest BCUT2D eigenvalue weighted by molar-refractivity contribution is -0.277. The van der Waals surface area contributed by atoms with E-state index < -0.39 is 43.4 Å². The molecule has 0 aromatic heterocycles. The first-order valence-corrected chi connectivity index (χ1v) is 13.6. The maximum Gasteiger partial charge on any atom is 0.229 e. The van der Waals surface area contributed by atoms with E-state index in [9.17, 15) is 30.0 Å². The second kappa shape index (κ2) is 12.1. The monoisotopic (exact) mass is 563 g/mol. The van der Waals surface area contributed by atoms with Crippen LogP contribution in [-0.2, 0) is 16.0 Å². The number of aliphatic hydroxyl groups excluding tert-OH is 4. The van der Waals surface area contributed by atoms with Crippen molar-refractivity contribution in [1.29, 1.82) is 0 Å². The topological polar surface area (TPSA) is 164 Å². The van der Waals surface area contributed by atoms with Crippen LogP contribution in [0.15, 0.2) is 34.0 Å². The molecule has 212 valence electrons. The van der Waals surface area contributed by atoms with E-state index in [0.29, 0.717) is 40.2 Å². The molecule has 1 fully saturated rings. The summed E-state index contributed by atoms with van der Waals surface area (Å²) in [6, 6.07) is 6.34. The highest BCUT2D eigenvalue weighted by molar-refractivity contribution is 7.98.